The van der Waals surface area contributed by atoms with Gasteiger partial charge in [-0.2, -0.15) is 0 Å². The maximum Gasteiger partial charge on any atom is 0.0810 e. The predicted octanol–water partition coefficient (Wildman–Crippen LogP) is 2.33. The van der Waals surface area contributed by atoms with Crippen molar-refractivity contribution in [2.75, 3.05) is 13.1 Å². The molecule has 1 rings (SSSR count). The molecule has 13 heavy (non-hydrogen) atoms. The van der Waals surface area contributed by atoms with Crippen LogP contribution < -0.4 is 5.32 Å². The Bertz CT molecular complexity index is 136. The highest BCUT2D eigenvalue weighted by atomic mass is 16.5. The number of hydrogen-bond acceptors (Lipinski definition) is 2. The van der Waals surface area contributed by atoms with Crippen LogP contribution in [0.2, 0.25) is 0 Å². The predicted molar refractivity (Wildman–Crippen MR) is 56.0 cm³/mol. The van der Waals surface area contributed by atoms with Crippen LogP contribution >= 0.6 is 0 Å². The molecule has 1 saturated heterocycles. The molecule has 1 heterocycles. The average molecular weight is 185 g/mol. The number of rotatable bonds is 4. The Morgan fingerprint density at radius 1 is 1.31 bits per heavy atom. The molecule has 1 fully saturated rings. The maximum absolute atomic E-state index is 6.09. The second-order valence-electron chi connectivity index (χ2n) is 4.24. The number of nitrogens with one attached hydrogen (secondary N) is 1. The Kier molecular flexibility index (Phi) is 4.20. The zero-order valence-corrected chi connectivity index (χ0v) is 9.23. The molecular formula is C11H23NO. The maximum atomic E-state index is 6.09. The summed E-state index contributed by atoms with van der Waals surface area (Å²) in [6.07, 6.45) is 5.20. The van der Waals surface area contributed by atoms with Gasteiger partial charge in [0.1, 0.15) is 0 Å². The molecule has 0 bridgehead atoms. The zero-order valence-electron chi connectivity index (χ0n) is 9.23. The van der Waals surface area contributed by atoms with Gasteiger partial charge >= 0.3 is 0 Å². The normalized spacial score (nSPS) is 27.5. The van der Waals surface area contributed by atoms with Gasteiger partial charge in [0.05, 0.1) is 11.7 Å². The van der Waals surface area contributed by atoms with Crippen LogP contribution in [0.25, 0.3) is 0 Å². The van der Waals surface area contributed by atoms with E-state index < -0.39 is 0 Å². The van der Waals surface area contributed by atoms with E-state index in [4.69, 9.17) is 4.74 Å². The summed E-state index contributed by atoms with van der Waals surface area (Å²) in [4.78, 5) is 0. The third-order valence-corrected chi connectivity index (χ3v) is 2.74. The lowest BCUT2D eigenvalue weighted by molar-refractivity contribution is -0.118. The molecule has 0 aromatic heterocycles. The van der Waals surface area contributed by atoms with Gasteiger partial charge < -0.3 is 10.1 Å². The Labute approximate surface area is 82.0 Å². The fourth-order valence-corrected chi connectivity index (χ4v) is 2.34. The quantitative estimate of drug-likeness (QED) is 0.726. The summed E-state index contributed by atoms with van der Waals surface area (Å²) in [5, 5.41) is 3.47. The molecule has 78 valence electrons. The van der Waals surface area contributed by atoms with Crippen LogP contribution in [0.3, 0.4) is 0 Å². The van der Waals surface area contributed by atoms with E-state index in [2.05, 4.69) is 26.1 Å². The second-order valence-corrected chi connectivity index (χ2v) is 4.24. The third kappa shape index (κ3) is 2.96. The number of hydrogen-bond donors (Lipinski definition) is 1. The van der Waals surface area contributed by atoms with Gasteiger partial charge in [0.25, 0.3) is 0 Å². The van der Waals surface area contributed by atoms with Gasteiger partial charge in [-0.1, -0.05) is 26.7 Å². The van der Waals surface area contributed by atoms with E-state index >= 15 is 0 Å². The first-order valence-electron chi connectivity index (χ1n) is 5.61. The SMILES string of the molecule is CCCC1(CCC)CNCC(C)O1. The van der Waals surface area contributed by atoms with Gasteiger partial charge in [-0.3, -0.25) is 0 Å². The first kappa shape index (κ1) is 11.0. The minimum absolute atomic E-state index is 0.140. The van der Waals surface area contributed by atoms with Crippen LogP contribution in [0, 0.1) is 0 Å². The van der Waals surface area contributed by atoms with Gasteiger partial charge in [0, 0.05) is 13.1 Å². The first-order chi connectivity index (χ1) is 6.22. The van der Waals surface area contributed by atoms with Gasteiger partial charge in [0.2, 0.25) is 0 Å². The van der Waals surface area contributed by atoms with Gasteiger partial charge in [0.15, 0.2) is 0 Å². The zero-order chi connectivity index (χ0) is 9.73. The first-order valence-corrected chi connectivity index (χ1v) is 5.61. The van der Waals surface area contributed by atoms with Crippen LogP contribution in [0.1, 0.15) is 46.5 Å². The summed E-state index contributed by atoms with van der Waals surface area (Å²) >= 11 is 0. The minimum Gasteiger partial charge on any atom is -0.369 e. The van der Waals surface area contributed by atoms with Crippen molar-refractivity contribution in [2.24, 2.45) is 0 Å². The average Bonchev–Trinajstić information content (AvgIpc) is 2.04. The monoisotopic (exact) mass is 185 g/mol. The minimum atomic E-state index is 0.140. The van der Waals surface area contributed by atoms with Crippen LogP contribution in [-0.2, 0) is 4.74 Å². The van der Waals surface area contributed by atoms with Crippen molar-refractivity contribution in [3.8, 4) is 0 Å². The molecule has 0 saturated carbocycles. The van der Waals surface area contributed by atoms with E-state index in [1.54, 1.807) is 0 Å². The van der Waals surface area contributed by atoms with Crippen molar-refractivity contribution in [3.05, 3.63) is 0 Å². The summed E-state index contributed by atoms with van der Waals surface area (Å²) in [5.41, 5.74) is 0.140. The van der Waals surface area contributed by atoms with Crippen LogP contribution in [0.15, 0.2) is 0 Å². The molecule has 1 unspecified atom stereocenters. The molecule has 1 N–H and O–H groups in total. The molecule has 0 aromatic rings. The molecule has 0 radical (unpaired) electrons. The molecular weight excluding hydrogens is 162 g/mol. The molecule has 2 heteroatoms. The number of ether oxygens (including phenoxy) is 1. The standard InChI is InChI=1S/C11H23NO/c1-4-6-11(7-5-2)9-12-8-10(3)13-11/h10,12H,4-9H2,1-3H3. The molecule has 0 spiro atoms. The van der Waals surface area contributed by atoms with Crippen LogP contribution in [-0.4, -0.2) is 24.8 Å². The molecule has 1 atom stereocenters. The molecule has 1 aliphatic heterocycles. The van der Waals surface area contributed by atoms with Crippen molar-refractivity contribution < 1.29 is 4.74 Å². The summed E-state index contributed by atoms with van der Waals surface area (Å²) < 4.78 is 6.09. The highest BCUT2D eigenvalue weighted by Crippen LogP contribution is 2.27. The van der Waals surface area contributed by atoms with E-state index in [1.807, 2.05) is 0 Å². The van der Waals surface area contributed by atoms with Crippen molar-refractivity contribution in [2.45, 2.75) is 58.2 Å². The summed E-state index contributed by atoms with van der Waals surface area (Å²) in [6, 6.07) is 0. The van der Waals surface area contributed by atoms with E-state index in [9.17, 15) is 0 Å². The van der Waals surface area contributed by atoms with E-state index in [-0.39, 0.29) is 5.60 Å². The Morgan fingerprint density at radius 3 is 2.38 bits per heavy atom. The van der Waals surface area contributed by atoms with E-state index in [0.29, 0.717) is 6.10 Å². The fraction of sp³-hybridized carbons (Fsp3) is 1.00. The van der Waals surface area contributed by atoms with Gasteiger partial charge in [-0.05, 0) is 19.8 Å². The lowest BCUT2D eigenvalue weighted by Gasteiger charge is -2.41. The second kappa shape index (κ2) is 4.97. The summed E-state index contributed by atoms with van der Waals surface area (Å²) in [5.74, 6) is 0. The third-order valence-electron chi connectivity index (χ3n) is 2.74. The largest absolute Gasteiger partial charge is 0.369 e. The Hall–Kier alpha value is -0.0800. The highest BCUT2D eigenvalue weighted by molar-refractivity contribution is 4.87. The van der Waals surface area contributed by atoms with Crippen LogP contribution in [0.5, 0.6) is 0 Å². The highest BCUT2D eigenvalue weighted by Gasteiger charge is 2.33. The molecule has 0 aliphatic carbocycles. The molecule has 2 nitrogen and oxygen atoms in total. The summed E-state index contributed by atoms with van der Waals surface area (Å²) in [6.45, 7) is 8.68. The van der Waals surface area contributed by atoms with Crippen LogP contribution in [0.4, 0.5) is 0 Å². The summed E-state index contributed by atoms with van der Waals surface area (Å²) in [7, 11) is 0. The molecule has 0 aromatic carbocycles. The van der Waals surface area contributed by atoms with E-state index in [1.165, 1.54) is 25.7 Å². The van der Waals surface area contributed by atoms with Crippen molar-refractivity contribution >= 4 is 0 Å². The smallest absolute Gasteiger partial charge is 0.0810 e. The van der Waals surface area contributed by atoms with E-state index in [0.717, 1.165) is 13.1 Å². The number of morpholine rings is 1. The van der Waals surface area contributed by atoms with Crippen molar-refractivity contribution in [1.82, 2.24) is 5.32 Å². The van der Waals surface area contributed by atoms with Gasteiger partial charge in [-0.15, -0.1) is 0 Å². The topological polar surface area (TPSA) is 21.3 Å². The lowest BCUT2D eigenvalue weighted by atomic mass is 9.90. The van der Waals surface area contributed by atoms with Crippen molar-refractivity contribution in [1.29, 1.82) is 0 Å². The fourth-order valence-electron chi connectivity index (χ4n) is 2.34. The molecule has 1 aliphatic rings. The van der Waals surface area contributed by atoms with Gasteiger partial charge in [-0.25, -0.2) is 0 Å². The molecule has 0 amide bonds. The van der Waals surface area contributed by atoms with Crippen molar-refractivity contribution in [3.63, 3.8) is 0 Å². The Morgan fingerprint density at radius 2 is 1.92 bits per heavy atom. The Balaban J connectivity index is 2.53. The lowest BCUT2D eigenvalue weighted by Crippen LogP contribution is -2.52.